The first-order valence-electron chi connectivity index (χ1n) is 21.3. The Balaban J connectivity index is 4.34. The zero-order valence-corrected chi connectivity index (χ0v) is 33.3. The summed E-state index contributed by atoms with van der Waals surface area (Å²) in [5, 5.41) is 14.0. The number of unbranched alkanes of at least 4 members (excludes halogenated alkanes) is 27. The van der Waals surface area contributed by atoms with Crippen LogP contribution in [0.2, 0.25) is 0 Å². The number of amides is 1. The molecule has 0 aliphatic heterocycles. The Hall–Kier alpha value is -1.10. The maximum absolute atomic E-state index is 13.3. The molecule has 0 aliphatic rings. The van der Waals surface area contributed by atoms with E-state index in [0.29, 0.717) is 12.8 Å². The van der Waals surface area contributed by atoms with Crippen molar-refractivity contribution in [2.75, 3.05) is 0 Å². The zero-order valence-electron chi connectivity index (χ0n) is 33.3. The van der Waals surface area contributed by atoms with Gasteiger partial charge in [0.15, 0.2) is 0 Å². The summed E-state index contributed by atoms with van der Waals surface area (Å²) in [4.78, 5) is 25.8. The SMILES string of the molecule is CCCCCCCCCCCCCCCCCC(O)C(CCCCCCCCCCCCCCCC)C(=O)N[C@@H](C)C(=O)OC(C)(C)C. The van der Waals surface area contributed by atoms with Crippen molar-refractivity contribution in [3.63, 3.8) is 0 Å². The van der Waals surface area contributed by atoms with Crippen molar-refractivity contribution in [2.24, 2.45) is 5.92 Å². The minimum absolute atomic E-state index is 0.212. The number of ether oxygens (including phenoxy) is 1. The van der Waals surface area contributed by atoms with Crippen LogP contribution < -0.4 is 5.32 Å². The van der Waals surface area contributed by atoms with Crippen molar-refractivity contribution in [3.8, 4) is 0 Å². The number of aliphatic hydroxyl groups is 1. The van der Waals surface area contributed by atoms with Crippen LogP contribution in [-0.4, -0.2) is 34.7 Å². The standard InChI is InChI=1S/C43H85NO4/c1-7-9-11-13-15-17-19-21-23-25-27-29-31-33-35-37-40(45)39(41(46)44-38(3)42(47)48-43(4,5)6)36-34-32-30-28-26-24-22-20-18-16-14-12-10-8-2/h38-40,45H,7-37H2,1-6H3,(H,44,46)/t38-,39?,40?/m0/s1. The Morgan fingerprint density at radius 2 is 0.812 bits per heavy atom. The summed E-state index contributed by atoms with van der Waals surface area (Å²) in [6.07, 6.45) is 38.5. The van der Waals surface area contributed by atoms with Gasteiger partial charge in [0.2, 0.25) is 5.91 Å². The third-order valence-electron chi connectivity index (χ3n) is 9.89. The number of hydrogen-bond donors (Lipinski definition) is 2. The molecule has 0 aromatic heterocycles. The molecular formula is C43H85NO4. The van der Waals surface area contributed by atoms with Crippen LogP contribution in [0.4, 0.5) is 0 Å². The average molecular weight is 680 g/mol. The van der Waals surface area contributed by atoms with Crippen LogP contribution in [0.1, 0.15) is 241 Å². The predicted molar refractivity (Wildman–Crippen MR) is 207 cm³/mol. The van der Waals surface area contributed by atoms with Crippen molar-refractivity contribution in [3.05, 3.63) is 0 Å². The van der Waals surface area contributed by atoms with Gasteiger partial charge in [-0.05, 0) is 40.5 Å². The van der Waals surface area contributed by atoms with E-state index in [1.165, 1.54) is 161 Å². The molecule has 1 amide bonds. The predicted octanol–water partition coefficient (Wildman–Crippen LogP) is 12.9. The maximum Gasteiger partial charge on any atom is 0.328 e. The number of carbonyl (C=O) groups excluding carboxylic acids is 2. The van der Waals surface area contributed by atoms with Gasteiger partial charge in [0.1, 0.15) is 11.6 Å². The summed E-state index contributed by atoms with van der Waals surface area (Å²) in [7, 11) is 0. The lowest BCUT2D eigenvalue weighted by Gasteiger charge is -2.26. The Morgan fingerprint density at radius 1 is 0.521 bits per heavy atom. The molecule has 0 aliphatic carbocycles. The fourth-order valence-corrected chi connectivity index (χ4v) is 6.75. The molecule has 0 heterocycles. The molecule has 286 valence electrons. The van der Waals surface area contributed by atoms with Gasteiger partial charge >= 0.3 is 5.97 Å². The highest BCUT2D eigenvalue weighted by Crippen LogP contribution is 2.22. The summed E-state index contributed by atoms with van der Waals surface area (Å²) >= 11 is 0. The Labute approximate surface area is 300 Å². The zero-order chi connectivity index (χ0) is 35.7. The van der Waals surface area contributed by atoms with Crippen LogP contribution in [0.5, 0.6) is 0 Å². The molecule has 5 heteroatoms. The second-order valence-corrected chi connectivity index (χ2v) is 16.1. The molecule has 0 bridgehead atoms. The fraction of sp³-hybridized carbons (Fsp3) is 0.953. The average Bonchev–Trinajstić information content (AvgIpc) is 3.03. The van der Waals surface area contributed by atoms with Crippen LogP contribution in [0.25, 0.3) is 0 Å². The van der Waals surface area contributed by atoms with Gasteiger partial charge < -0.3 is 15.2 Å². The normalized spacial score (nSPS) is 13.7. The number of hydrogen-bond acceptors (Lipinski definition) is 4. The van der Waals surface area contributed by atoms with E-state index in [9.17, 15) is 14.7 Å². The molecule has 0 aromatic rings. The van der Waals surface area contributed by atoms with Gasteiger partial charge in [-0.15, -0.1) is 0 Å². The quantitative estimate of drug-likeness (QED) is 0.0516. The van der Waals surface area contributed by atoms with E-state index in [1.54, 1.807) is 6.92 Å². The molecule has 0 rings (SSSR count). The van der Waals surface area contributed by atoms with Crippen molar-refractivity contribution in [1.29, 1.82) is 0 Å². The smallest absolute Gasteiger partial charge is 0.328 e. The first-order valence-corrected chi connectivity index (χ1v) is 21.3. The minimum Gasteiger partial charge on any atom is -0.458 e. The largest absolute Gasteiger partial charge is 0.458 e. The Kier molecular flexibility index (Phi) is 32.3. The van der Waals surface area contributed by atoms with Crippen molar-refractivity contribution in [2.45, 2.75) is 258 Å². The molecule has 0 saturated heterocycles. The highest BCUT2D eigenvalue weighted by atomic mass is 16.6. The first kappa shape index (κ1) is 46.9. The third-order valence-corrected chi connectivity index (χ3v) is 9.89. The molecule has 48 heavy (non-hydrogen) atoms. The molecule has 0 fully saturated rings. The second kappa shape index (κ2) is 33.1. The van der Waals surface area contributed by atoms with Gasteiger partial charge in [0, 0.05) is 0 Å². The molecule has 0 spiro atoms. The highest BCUT2D eigenvalue weighted by molar-refractivity contribution is 5.85. The molecule has 0 aromatic carbocycles. The van der Waals surface area contributed by atoms with E-state index in [1.807, 2.05) is 20.8 Å². The van der Waals surface area contributed by atoms with Crippen molar-refractivity contribution < 1.29 is 19.4 Å². The van der Waals surface area contributed by atoms with Crippen LogP contribution in [-0.2, 0) is 14.3 Å². The summed E-state index contributed by atoms with van der Waals surface area (Å²) < 4.78 is 5.47. The third kappa shape index (κ3) is 30.9. The van der Waals surface area contributed by atoms with Crippen LogP contribution in [0, 0.1) is 5.92 Å². The van der Waals surface area contributed by atoms with Gasteiger partial charge in [0.05, 0.1) is 12.0 Å². The summed E-state index contributed by atoms with van der Waals surface area (Å²) in [6, 6.07) is -0.728. The second-order valence-electron chi connectivity index (χ2n) is 16.1. The molecule has 0 saturated carbocycles. The topological polar surface area (TPSA) is 75.6 Å². The van der Waals surface area contributed by atoms with E-state index < -0.39 is 29.6 Å². The fourth-order valence-electron chi connectivity index (χ4n) is 6.75. The lowest BCUT2D eigenvalue weighted by atomic mass is 9.90. The summed E-state index contributed by atoms with van der Waals surface area (Å²) in [5.74, 6) is -1.11. The highest BCUT2D eigenvalue weighted by Gasteiger charge is 2.30. The number of esters is 1. The molecule has 3 atom stereocenters. The molecule has 0 radical (unpaired) electrons. The summed E-state index contributed by atoms with van der Waals surface area (Å²) in [5.41, 5.74) is -0.600. The van der Waals surface area contributed by atoms with Gasteiger partial charge in [-0.3, -0.25) is 4.79 Å². The number of aliphatic hydroxyl groups excluding tert-OH is 1. The van der Waals surface area contributed by atoms with Gasteiger partial charge in [-0.2, -0.15) is 0 Å². The van der Waals surface area contributed by atoms with E-state index in [2.05, 4.69) is 19.2 Å². The lowest BCUT2D eigenvalue weighted by Crippen LogP contribution is -2.46. The maximum atomic E-state index is 13.3. The number of nitrogens with one attached hydrogen (secondary N) is 1. The monoisotopic (exact) mass is 680 g/mol. The van der Waals surface area contributed by atoms with Crippen LogP contribution >= 0.6 is 0 Å². The number of carbonyl (C=O) groups is 2. The Bertz CT molecular complexity index is 718. The first-order chi connectivity index (χ1) is 23.1. The van der Waals surface area contributed by atoms with Crippen molar-refractivity contribution >= 4 is 11.9 Å². The lowest BCUT2D eigenvalue weighted by molar-refractivity contribution is -0.158. The van der Waals surface area contributed by atoms with Gasteiger partial charge in [-0.25, -0.2) is 4.79 Å². The molecule has 2 N–H and O–H groups in total. The van der Waals surface area contributed by atoms with Crippen LogP contribution in [0.3, 0.4) is 0 Å². The molecule has 2 unspecified atom stereocenters. The van der Waals surface area contributed by atoms with Gasteiger partial charge in [-0.1, -0.05) is 200 Å². The summed E-state index contributed by atoms with van der Waals surface area (Å²) in [6.45, 7) is 11.7. The molecular weight excluding hydrogens is 594 g/mol. The van der Waals surface area contributed by atoms with E-state index in [4.69, 9.17) is 4.74 Å². The minimum atomic E-state index is -0.728. The number of rotatable bonds is 35. The van der Waals surface area contributed by atoms with E-state index in [-0.39, 0.29) is 5.91 Å². The van der Waals surface area contributed by atoms with Crippen LogP contribution in [0.15, 0.2) is 0 Å². The van der Waals surface area contributed by atoms with Gasteiger partial charge in [0.25, 0.3) is 0 Å². The molecule has 5 nitrogen and oxygen atoms in total. The van der Waals surface area contributed by atoms with E-state index in [0.717, 1.165) is 25.7 Å². The van der Waals surface area contributed by atoms with Crippen molar-refractivity contribution in [1.82, 2.24) is 5.32 Å². The Morgan fingerprint density at radius 3 is 1.12 bits per heavy atom. The van der Waals surface area contributed by atoms with E-state index >= 15 is 0 Å².